The first-order chi connectivity index (χ1) is 10.7. The van der Waals surface area contributed by atoms with Crippen molar-refractivity contribution in [1.82, 2.24) is 5.32 Å². The summed E-state index contributed by atoms with van der Waals surface area (Å²) in [6.45, 7) is 0. The van der Waals surface area contributed by atoms with Crippen molar-refractivity contribution in [3.8, 4) is 0 Å². The van der Waals surface area contributed by atoms with Crippen LogP contribution in [0.1, 0.15) is 31.2 Å². The molecule has 126 valence electrons. The zero-order valence-electron chi connectivity index (χ0n) is 12.5. The Labute approximate surface area is 143 Å². The Morgan fingerprint density at radius 2 is 1.91 bits per heavy atom. The maximum absolute atomic E-state index is 12.2. The van der Waals surface area contributed by atoms with Crippen LogP contribution in [0.25, 0.3) is 0 Å². The number of rotatable bonds is 6. The summed E-state index contributed by atoms with van der Waals surface area (Å²) in [5.74, 6) is -2.17. The van der Waals surface area contributed by atoms with Gasteiger partial charge in [0.15, 0.2) is 9.84 Å². The van der Waals surface area contributed by atoms with E-state index in [-0.39, 0.29) is 5.75 Å². The van der Waals surface area contributed by atoms with E-state index in [1.165, 1.54) is 0 Å². The first-order valence-electron chi connectivity index (χ1n) is 7.28. The number of hydrogen-bond donors (Lipinski definition) is 2. The van der Waals surface area contributed by atoms with Gasteiger partial charge in [-0.15, -0.1) is 0 Å². The van der Waals surface area contributed by atoms with Gasteiger partial charge < -0.3 is 11.1 Å². The fourth-order valence-electron chi connectivity index (χ4n) is 2.85. The van der Waals surface area contributed by atoms with Crippen LogP contribution in [0.4, 0.5) is 0 Å². The van der Waals surface area contributed by atoms with Crippen molar-refractivity contribution in [2.24, 2.45) is 5.73 Å². The Morgan fingerprint density at radius 3 is 2.48 bits per heavy atom. The summed E-state index contributed by atoms with van der Waals surface area (Å²) in [5.41, 5.74) is 4.88. The number of halogens is 1. The van der Waals surface area contributed by atoms with E-state index in [1.54, 1.807) is 24.3 Å². The van der Waals surface area contributed by atoms with Gasteiger partial charge in [0.2, 0.25) is 11.8 Å². The molecule has 1 aliphatic rings. The number of benzene rings is 1. The van der Waals surface area contributed by atoms with Gasteiger partial charge in [-0.05, 0) is 30.5 Å². The lowest BCUT2D eigenvalue weighted by molar-refractivity contribution is -0.130. The fourth-order valence-corrected chi connectivity index (χ4v) is 4.55. The minimum Gasteiger partial charge on any atom is -0.368 e. The summed E-state index contributed by atoms with van der Waals surface area (Å²) in [6, 6.07) is 6.90. The maximum atomic E-state index is 12.2. The predicted octanol–water partition coefficient (Wildman–Crippen LogP) is 1.28. The van der Waals surface area contributed by atoms with E-state index in [0.29, 0.717) is 18.4 Å². The van der Waals surface area contributed by atoms with E-state index in [9.17, 15) is 18.0 Å². The molecule has 6 nitrogen and oxygen atoms in total. The van der Waals surface area contributed by atoms with Crippen molar-refractivity contribution in [2.75, 3.05) is 5.75 Å². The number of primary amides is 1. The first kappa shape index (κ1) is 17.9. The quantitative estimate of drug-likeness (QED) is 0.746. The van der Waals surface area contributed by atoms with E-state index in [0.717, 1.165) is 17.3 Å². The van der Waals surface area contributed by atoms with Crippen LogP contribution < -0.4 is 11.1 Å². The van der Waals surface area contributed by atoms with Gasteiger partial charge in [-0.2, -0.15) is 0 Å². The summed E-state index contributed by atoms with van der Waals surface area (Å²) >= 11 is 3.28. The lowest BCUT2D eigenvalue weighted by atomic mass is 9.97. The Kier molecular flexibility index (Phi) is 5.46. The summed E-state index contributed by atoms with van der Waals surface area (Å²) < 4.78 is 25.1. The molecular formula is C15H19BrN2O4S. The van der Waals surface area contributed by atoms with Crippen LogP contribution in [-0.4, -0.2) is 31.5 Å². The highest BCUT2D eigenvalue weighted by Gasteiger charge is 2.41. The Hall–Kier alpha value is -1.41. The molecule has 23 heavy (non-hydrogen) atoms. The second kappa shape index (κ2) is 7.00. The van der Waals surface area contributed by atoms with Crippen LogP contribution in [0.3, 0.4) is 0 Å². The van der Waals surface area contributed by atoms with Crippen molar-refractivity contribution < 1.29 is 18.0 Å². The second-order valence-corrected chi connectivity index (χ2v) is 8.84. The van der Waals surface area contributed by atoms with E-state index >= 15 is 0 Å². The molecule has 8 heteroatoms. The van der Waals surface area contributed by atoms with Crippen molar-refractivity contribution >= 4 is 37.6 Å². The van der Waals surface area contributed by atoms with E-state index in [1.807, 2.05) is 0 Å². The molecule has 1 aromatic carbocycles. The number of carbonyl (C=O) groups is 2. The zero-order chi connectivity index (χ0) is 17.1. The van der Waals surface area contributed by atoms with Gasteiger partial charge in [0.05, 0.1) is 5.75 Å². The standard InChI is InChI=1S/C15H19BrN2O4S/c16-12-5-3-4-11(8-12)9-23(21,22)10-13(19)18-15(14(17)20)6-1-2-7-15/h3-5,8H,1-2,6-7,9-10H2,(H2,17,20)(H,18,19). The van der Waals surface area contributed by atoms with Crippen molar-refractivity contribution in [1.29, 1.82) is 0 Å². The minimum absolute atomic E-state index is 0.233. The highest BCUT2D eigenvalue weighted by atomic mass is 79.9. The molecule has 0 heterocycles. The number of nitrogens with two attached hydrogens (primary N) is 1. The van der Waals surface area contributed by atoms with Gasteiger partial charge in [-0.1, -0.05) is 40.9 Å². The van der Waals surface area contributed by atoms with Gasteiger partial charge in [-0.25, -0.2) is 8.42 Å². The Morgan fingerprint density at radius 1 is 1.26 bits per heavy atom. The van der Waals surface area contributed by atoms with Crippen LogP contribution >= 0.6 is 15.9 Å². The van der Waals surface area contributed by atoms with Gasteiger partial charge in [0.25, 0.3) is 0 Å². The van der Waals surface area contributed by atoms with Crippen LogP contribution in [-0.2, 0) is 25.2 Å². The number of nitrogens with one attached hydrogen (secondary N) is 1. The van der Waals surface area contributed by atoms with Gasteiger partial charge >= 0.3 is 0 Å². The Balaban J connectivity index is 2.02. The lowest BCUT2D eigenvalue weighted by Gasteiger charge is -2.26. The molecule has 0 atom stereocenters. The molecule has 1 saturated carbocycles. The van der Waals surface area contributed by atoms with Crippen molar-refractivity contribution in [3.63, 3.8) is 0 Å². The van der Waals surface area contributed by atoms with Crippen molar-refractivity contribution in [2.45, 2.75) is 37.0 Å². The second-order valence-electron chi connectivity index (χ2n) is 5.86. The van der Waals surface area contributed by atoms with Crippen LogP contribution in [0, 0.1) is 0 Å². The maximum Gasteiger partial charge on any atom is 0.243 e. The molecule has 2 amide bonds. The van der Waals surface area contributed by atoms with E-state index in [2.05, 4.69) is 21.2 Å². The molecule has 0 radical (unpaired) electrons. The average molecular weight is 403 g/mol. The zero-order valence-corrected chi connectivity index (χ0v) is 15.0. The summed E-state index contributed by atoms with van der Waals surface area (Å²) in [5, 5.41) is 2.54. The molecule has 0 spiro atoms. The minimum atomic E-state index is -3.63. The molecular weight excluding hydrogens is 384 g/mol. The SMILES string of the molecule is NC(=O)C1(NC(=O)CS(=O)(=O)Cc2cccc(Br)c2)CCCC1. The molecule has 0 bridgehead atoms. The Bertz CT molecular complexity index is 712. The monoisotopic (exact) mass is 402 g/mol. The molecule has 1 aromatic rings. The van der Waals surface area contributed by atoms with Crippen LogP contribution in [0.5, 0.6) is 0 Å². The summed E-state index contributed by atoms with van der Waals surface area (Å²) in [4.78, 5) is 23.7. The molecule has 0 aliphatic heterocycles. The summed E-state index contributed by atoms with van der Waals surface area (Å²) in [6.07, 6.45) is 2.49. The average Bonchev–Trinajstić information content (AvgIpc) is 2.86. The van der Waals surface area contributed by atoms with Crippen LogP contribution in [0.15, 0.2) is 28.7 Å². The lowest BCUT2D eigenvalue weighted by Crippen LogP contribution is -2.56. The third-order valence-corrected chi connectivity index (χ3v) is 5.90. The topological polar surface area (TPSA) is 106 Å². The first-order valence-corrected chi connectivity index (χ1v) is 9.90. The largest absolute Gasteiger partial charge is 0.368 e. The molecule has 0 aromatic heterocycles. The third kappa shape index (κ3) is 4.78. The highest BCUT2D eigenvalue weighted by Crippen LogP contribution is 2.29. The van der Waals surface area contributed by atoms with E-state index < -0.39 is 32.9 Å². The molecule has 1 aliphatic carbocycles. The van der Waals surface area contributed by atoms with Gasteiger partial charge in [-0.3, -0.25) is 9.59 Å². The molecule has 0 saturated heterocycles. The molecule has 1 fully saturated rings. The van der Waals surface area contributed by atoms with Crippen molar-refractivity contribution in [3.05, 3.63) is 34.3 Å². The summed E-state index contributed by atoms with van der Waals surface area (Å²) in [7, 11) is -3.63. The van der Waals surface area contributed by atoms with E-state index in [4.69, 9.17) is 5.73 Å². The normalized spacial score (nSPS) is 16.9. The van der Waals surface area contributed by atoms with Gasteiger partial charge in [0, 0.05) is 4.47 Å². The number of sulfone groups is 1. The molecule has 3 N–H and O–H groups in total. The smallest absolute Gasteiger partial charge is 0.243 e. The van der Waals surface area contributed by atoms with Crippen LogP contribution in [0.2, 0.25) is 0 Å². The number of carbonyl (C=O) groups excluding carboxylic acids is 2. The molecule has 2 rings (SSSR count). The predicted molar refractivity (Wildman–Crippen MR) is 90.2 cm³/mol. The van der Waals surface area contributed by atoms with Gasteiger partial charge in [0.1, 0.15) is 11.3 Å². The highest BCUT2D eigenvalue weighted by molar-refractivity contribution is 9.10. The number of hydrogen-bond acceptors (Lipinski definition) is 4. The molecule has 0 unspecified atom stereocenters. The fraction of sp³-hybridized carbons (Fsp3) is 0.467. The third-order valence-electron chi connectivity index (χ3n) is 3.93. The number of amides is 2.